The van der Waals surface area contributed by atoms with Crippen molar-refractivity contribution in [2.45, 2.75) is 76.5 Å². The maximum atomic E-state index is 11.6. The van der Waals surface area contributed by atoms with Gasteiger partial charge < -0.3 is 4.43 Å². The van der Waals surface area contributed by atoms with E-state index in [2.05, 4.69) is 33.9 Å². The summed E-state index contributed by atoms with van der Waals surface area (Å²) < 4.78 is 40.5. The van der Waals surface area contributed by atoms with Crippen LogP contribution in [0.25, 0.3) is 0 Å². The highest BCUT2D eigenvalue weighted by Gasteiger charge is 2.45. The molecule has 2 unspecified atom stereocenters. The molecule has 1 fully saturated rings. The zero-order chi connectivity index (χ0) is 17.1. The molecule has 22 heavy (non-hydrogen) atoms. The van der Waals surface area contributed by atoms with E-state index < -0.39 is 36.6 Å². The smallest absolute Gasteiger partial charge is 0.192 e. The van der Waals surface area contributed by atoms with Gasteiger partial charge in [-0.25, -0.2) is 8.42 Å². The van der Waals surface area contributed by atoms with Crippen molar-refractivity contribution in [1.82, 2.24) is 0 Å². The second-order valence-electron chi connectivity index (χ2n) is 7.35. The van der Waals surface area contributed by atoms with E-state index in [1.54, 1.807) is 0 Å². The van der Waals surface area contributed by atoms with E-state index in [0.29, 0.717) is 0 Å². The van der Waals surface area contributed by atoms with Gasteiger partial charge in [0.05, 0.1) is 6.10 Å². The third kappa shape index (κ3) is 5.79. The van der Waals surface area contributed by atoms with Gasteiger partial charge >= 0.3 is 0 Å². The Bertz CT molecular complexity index is 422. The molecule has 0 aromatic heterocycles. The van der Waals surface area contributed by atoms with Gasteiger partial charge in [0.25, 0.3) is 0 Å². The molecule has 132 valence electrons. The summed E-state index contributed by atoms with van der Waals surface area (Å²) in [7, 11) is -1.97. The van der Waals surface area contributed by atoms with Crippen LogP contribution >= 0.6 is 0 Å². The van der Waals surface area contributed by atoms with Crippen LogP contribution in [0, 0.1) is 0 Å². The Balaban J connectivity index is 2.93. The Kier molecular flexibility index (Phi) is 7.42. The van der Waals surface area contributed by atoms with E-state index in [0.717, 1.165) is 19.3 Å². The highest BCUT2D eigenvalue weighted by molar-refractivity contribution is 7.79. The SMILES string of the molecule is CS(=O)O[C@H]1[C@@H](OS(C)=O)CCC[C@@H]1O[Si](C)(C)C(C)(C)C. The average Bonchev–Trinajstić information content (AvgIpc) is 2.30. The molecule has 0 aromatic carbocycles. The fraction of sp³-hybridized carbons (Fsp3) is 1.00. The molecule has 0 aromatic rings. The quantitative estimate of drug-likeness (QED) is 0.673. The minimum Gasteiger partial charge on any atom is -0.411 e. The van der Waals surface area contributed by atoms with Crippen molar-refractivity contribution in [2.75, 3.05) is 12.5 Å². The van der Waals surface area contributed by atoms with E-state index in [1.165, 1.54) is 12.5 Å². The average molecular weight is 371 g/mol. The number of hydrogen-bond donors (Lipinski definition) is 0. The number of rotatable bonds is 6. The van der Waals surface area contributed by atoms with Crippen molar-refractivity contribution in [3.05, 3.63) is 0 Å². The van der Waals surface area contributed by atoms with Crippen LogP contribution < -0.4 is 0 Å². The fourth-order valence-electron chi connectivity index (χ4n) is 2.33. The molecule has 1 aliphatic rings. The summed E-state index contributed by atoms with van der Waals surface area (Å²) in [5, 5.41) is 0.0876. The highest BCUT2D eigenvalue weighted by Crippen LogP contribution is 2.40. The van der Waals surface area contributed by atoms with Gasteiger partial charge in [0, 0.05) is 12.5 Å². The molecular weight excluding hydrogens is 340 g/mol. The van der Waals surface area contributed by atoms with E-state index >= 15 is 0 Å². The van der Waals surface area contributed by atoms with Crippen LogP contribution in [0.2, 0.25) is 18.1 Å². The van der Waals surface area contributed by atoms with E-state index in [1.807, 2.05) is 0 Å². The van der Waals surface area contributed by atoms with E-state index in [4.69, 9.17) is 12.8 Å². The molecule has 0 heterocycles. The number of hydrogen-bond acceptors (Lipinski definition) is 5. The Morgan fingerprint density at radius 2 is 1.45 bits per heavy atom. The van der Waals surface area contributed by atoms with Crippen LogP contribution in [0.1, 0.15) is 40.0 Å². The Morgan fingerprint density at radius 3 is 1.91 bits per heavy atom. The van der Waals surface area contributed by atoms with Crippen LogP contribution in [-0.4, -0.2) is 47.6 Å². The maximum absolute atomic E-state index is 11.6. The van der Waals surface area contributed by atoms with Crippen LogP contribution in [0.5, 0.6) is 0 Å². The summed E-state index contributed by atoms with van der Waals surface area (Å²) >= 11 is -2.79. The minimum absolute atomic E-state index is 0.0876. The van der Waals surface area contributed by atoms with Crippen molar-refractivity contribution in [1.29, 1.82) is 0 Å². The van der Waals surface area contributed by atoms with Gasteiger partial charge in [0.1, 0.15) is 12.2 Å². The van der Waals surface area contributed by atoms with Crippen molar-refractivity contribution in [3.8, 4) is 0 Å². The normalized spacial score (nSPS) is 30.0. The van der Waals surface area contributed by atoms with Gasteiger partial charge in [-0.1, -0.05) is 20.8 Å². The van der Waals surface area contributed by atoms with Crippen LogP contribution in [0.3, 0.4) is 0 Å². The summed E-state index contributed by atoms with van der Waals surface area (Å²) in [6.07, 6.45) is 4.60. The molecule has 0 bridgehead atoms. The summed E-state index contributed by atoms with van der Waals surface area (Å²) in [6.45, 7) is 10.9. The molecule has 1 rings (SSSR count). The molecular formula is C14H30O5S2Si. The molecule has 0 saturated heterocycles. The lowest BCUT2D eigenvalue weighted by atomic mass is 9.92. The third-order valence-electron chi connectivity index (χ3n) is 4.47. The first kappa shape index (κ1) is 20.4. The lowest BCUT2D eigenvalue weighted by molar-refractivity contribution is -0.0442. The predicted octanol–water partition coefficient (Wildman–Crippen LogP) is 2.92. The standard InChI is InChI=1S/C14H30O5S2Si/c1-14(2,3)22(6,7)19-12-10-8-9-11(17-20(4)15)13(12)18-21(5)16/h11-13H,8-10H2,1-7H3/t11-,12-,13-,20?,21?/m0/s1. The van der Waals surface area contributed by atoms with Crippen LogP contribution in [-0.2, 0) is 35.0 Å². The van der Waals surface area contributed by atoms with Crippen LogP contribution in [0.15, 0.2) is 0 Å². The van der Waals surface area contributed by atoms with Crippen molar-refractivity contribution in [3.63, 3.8) is 0 Å². The van der Waals surface area contributed by atoms with Gasteiger partial charge in [-0.05, 0) is 37.4 Å². The molecule has 1 saturated carbocycles. The minimum atomic E-state index is -1.97. The molecule has 5 nitrogen and oxygen atoms in total. The second-order valence-corrected chi connectivity index (χ2v) is 14.1. The Labute approximate surface area is 140 Å². The first-order chi connectivity index (χ1) is 9.94. The summed E-state index contributed by atoms with van der Waals surface area (Å²) in [5.74, 6) is 0. The fourth-order valence-corrected chi connectivity index (χ4v) is 4.80. The largest absolute Gasteiger partial charge is 0.411 e. The lowest BCUT2D eigenvalue weighted by Crippen LogP contribution is -2.53. The van der Waals surface area contributed by atoms with Gasteiger partial charge in [-0.2, -0.15) is 0 Å². The first-order valence-corrected chi connectivity index (χ1v) is 13.5. The molecule has 5 atom stereocenters. The topological polar surface area (TPSA) is 61.8 Å². The lowest BCUT2D eigenvalue weighted by Gasteiger charge is -2.44. The highest BCUT2D eigenvalue weighted by atomic mass is 32.2. The Hall–Kier alpha value is 0.397. The van der Waals surface area contributed by atoms with Crippen molar-refractivity contribution >= 4 is 30.5 Å². The molecule has 1 aliphatic carbocycles. The monoisotopic (exact) mass is 370 g/mol. The zero-order valence-corrected chi connectivity index (χ0v) is 17.3. The summed E-state index contributed by atoms with van der Waals surface area (Å²) in [5.41, 5.74) is 0. The van der Waals surface area contributed by atoms with Gasteiger partial charge in [-0.15, -0.1) is 0 Å². The summed E-state index contributed by atoms with van der Waals surface area (Å²) in [6, 6.07) is 0. The predicted molar refractivity (Wildman–Crippen MR) is 93.8 cm³/mol. The molecule has 0 radical (unpaired) electrons. The molecule has 0 aliphatic heterocycles. The molecule has 0 N–H and O–H groups in total. The first-order valence-electron chi connectivity index (χ1n) is 7.63. The maximum Gasteiger partial charge on any atom is 0.192 e. The molecule has 0 spiro atoms. The third-order valence-corrected chi connectivity index (χ3v) is 9.98. The summed E-state index contributed by atoms with van der Waals surface area (Å²) in [4.78, 5) is 0. The second kappa shape index (κ2) is 7.98. The van der Waals surface area contributed by atoms with Crippen molar-refractivity contribution < 1.29 is 21.2 Å². The molecule has 8 heteroatoms. The zero-order valence-electron chi connectivity index (χ0n) is 14.7. The van der Waals surface area contributed by atoms with E-state index in [9.17, 15) is 8.42 Å². The van der Waals surface area contributed by atoms with Crippen LogP contribution in [0.4, 0.5) is 0 Å². The Morgan fingerprint density at radius 1 is 0.955 bits per heavy atom. The molecule has 0 amide bonds. The van der Waals surface area contributed by atoms with Gasteiger partial charge in [-0.3, -0.25) is 8.37 Å². The van der Waals surface area contributed by atoms with Crippen molar-refractivity contribution in [2.24, 2.45) is 0 Å². The van der Waals surface area contributed by atoms with Gasteiger partial charge in [0.2, 0.25) is 0 Å². The van der Waals surface area contributed by atoms with E-state index in [-0.39, 0.29) is 17.2 Å². The van der Waals surface area contributed by atoms with Gasteiger partial charge in [0.15, 0.2) is 30.5 Å².